The highest BCUT2D eigenvalue weighted by atomic mass is 16.4. The van der Waals surface area contributed by atoms with Crippen LogP contribution in [0.3, 0.4) is 0 Å². The number of carbonyl (C=O) groups is 1. The number of nitrogens with one attached hydrogen (secondary N) is 2. The van der Waals surface area contributed by atoms with Gasteiger partial charge in [-0.2, -0.15) is 0 Å². The predicted molar refractivity (Wildman–Crippen MR) is 113 cm³/mol. The van der Waals surface area contributed by atoms with Gasteiger partial charge in [0.2, 0.25) is 11.8 Å². The molecule has 2 N–H and O–H groups in total. The maximum atomic E-state index is 12.0. The highest BCUT2D eigenvalue weighted by Gasteiger charge is 2.21. The number of aromatic nitrogens is 1. The van der Waals surface area contributed by atoms with Crippen LogP contribution in [-0.4, -0.2) is 35.3 Å². The molecule has 156 valence electrons. The molecule has 1 aliphatic rings. The van der Waals surface area contributed by atoms with E-state index in [2.05, 4.69) is 53.5 Å². The van der Waals surface area contributed by atoms with Crippen LogP contribution in [0.5, 0.6) is 0 Å². The first kappa shape index (κ1) is 20.9. The van der Waals surface area contributed by atoms with E-state index in [9.17, 15) is 4.79 Å². The quantitative estimate of drug-likeness (QED) is 0.578. The van der Waals surface area contributed by atoms with Crippen LogP contribution >= 0.6 is 0 Å². The van der Waals surface area contributed by atoms with Gasteiger partial charge in [0.1, 0.15) is 5.76 Å². The fourth-order valence-electron chi connectivity index (χ4n) is 3.26. The number of aliphatic imine (C=N–C) groups is 1. The lowest BCUT2D eigenvalue weighted by molar-refractivity contribution is -0.128. The second-order valence-electron chi connectivity index (χ2n) is 8.34. The van der Waals surface area contributed by atoms with Crippen molar-refractivity contribution in [2.24, 2.45) is 4.99 Å². The van der Waals surface area contributed by atoms with Crippen molar-refractivity contribution >= 4 is 11.9 Å². The van der Waals surface area contributed by atoms with Crippen LogP contribution < -0.4 is 10.6 Å². The first-order valence-corrected chi connectivity index (χ1v) is 10.1. The van der Waals surface area contributed by atoms with Gasteiger partial charge in [0, 0.05) is 38.5 Å². The van der Waals surface area contributed by atoms with Gasteiger partial charge in [0.15, 0.2) is 5.96 Å². The highest BCUT2D eigenvalue weighted by Crippen LogP contribution is 2.22. The van der Waals surface area contributed by atoms with E-state index >= 15 is 0 Å². The van der Waals surface area contributed by atoms with Crippen LogP contribution in [0.2, 0.25) is 0 Å². The summed E-state index contributed by atoms with van der Waals surface area (Å²) in [4.78, 5) is 22.5. The largest absolute Gasteiger partial charge is 0.443 e. The zero-order chi connectivity index (χ0) is 20.9. The Morgan fingerprint density at radius 3 is 2.55 bits per heavy atom. The lowest BCUT2D eigenvalue weighted by atomic mass is 9.94. The maximum absolute atomic E-state index is 12.0. The number of hydrogen-bond donors (Lipinski definition) is 2. The molecule has 2 aromatic rings. The van der Waals surface area contributed by atoms with Crippen molar-refractivity contribution in [2.75, 3.05) is 13.6 Å². The van der Waals surface area contributed by atoms with Gasteiger partial charge in [0.25, 0.3) is 0 Å². The van der Waals surface area contributed by atoms with E-state index in [1.54, 1.807) is 13.2 Å². The molecular formula is C22H31N5O2. The second-order valence-corrected chi connectivity index (χ2v) is 8.34. The summed E-state index contributed by atoms with van der Waals surface area (Å²) in [6.07, 6.45) is 3.39. The summed E-state index contributed by atoms with van der Waals surface area (Å²) in [7, 11) is 1.74. The Morgan fingerprint density at radius 1 is 1.21 bits per heavy atom. The SMILES string of the molecule is CN=C(NCc1ncc(C(C)(C)C)o1)NCc1ccccc1CN1CCCC1=O. The minimum Gasteiger partial charge on any atom is -0.443 e. The van der Waals surface area contributed by atoms with Crippen LogP contribution in [0.4, 0.5) is 0 Å². The van der Waals surface area contributed by atoms with Crippen LogP contribution in [0.25, 0.3) is 0 Å². The minimum atomic E-state index is -0.0639. The maximum Gasteiger partial charge on any atom is 0.222 e. The number of rotatable bonds is 6. The molecule has 7 heteroatoms. The third-order valence-electron chi connectivity index (χ3n) is 5.02. The lowest BCUT2D eigenvalue weighted by Gasteiger charge is -2.19. The molecule has 0 bridgehead atoms. The molecule has 1 fully saturated rings. The summed E-state index contributed by atoms with van der Waals surface area (Å²) < 4.78 is 5.82. The normalized spacial score (nSPS) is 15.1. The van der Waals surface area contributed by atoms with E-state index in [-0.39, 0.29) is 11.3 Å². The van der Waals surface area contributed by atoms with E-state index in [1.807, 2.05) is 17.0 Å². The number of benzene rings is 1. The fourth-order valence-corrected chi connectivity index (χ4v) is 3.26. The van der Waals surface area contributed by atoms with E-state index < -0.39 is 0 Å². The third-order valence-corrected chi connectivity index (χ3v) is 5.02. The fraction of sp³-hybridized carbons (Fsp3) is 0.500. The standard InChI is InChI=1S/C22H31N5O2/c1-22(2,3)18-13-24-19(29-18)14-26-21(23-4)25-12-16-8-5-6-9-17(16)15-27-11-7-10-20(27)28/h5-6,8-9,13H,7,10-12,14-15H2,1-4H3,(H2,23,25,26). The number of amides is 1. The van der Waals surface area contributed by atoms with Crippen molar-refractivity contribution in [3.63, 3.8) is 0 Å². The molecule has 1 saturated heterocycles. The molecule has 2 heterocycles. The van der Waals surface area contributed by atoms with Gasteiger partial charge in [0.05, 0.1) is 12.7 Å². The van der Waals surface area contributed by atoms with Crippen molar-refractivity contribution in [3.05, 3.63) is 53.2 Å². The van der Waals surface area contributed by atoms with Crippen LogP contribution in [-0.2, 0) is 29.8 Å². The van der Waals surface area contributed by atoms with Gasteiger partial charge in [-0.25, -0.2) is 4.98 Å². The molecule has 1 amide bonds. The number of guanidine groups is 1. The first-order valence-electron chi connectivity index (χ1n) is 10.1. The van der Waals surface area contributed by atoms with Crippen LogP contribution in [0.15, 0.2) is 39.9 Å². The molecule has 0 radical (unpaired) electrons. The Balaban J connectivity index is 1.56. The Bertz CT molecular complexity index is 866. The van der Waals surface area contributed by atoms with Gasteiger partial charge in [-0.1, -0.05) is 45.0 Å². The van der Waals surface area contributed by atoms with Crippen molar-refractivity contribution in [3.8, 4) is 0 Å². The molecule has 0 unspecified atom stereocenters. The van der Waals surface area contributed by atoms with Crippen LogP contribution in [0, 0.1) is 0 Å². The Kier molecular flexibility index (Phi) is 6.56. The van der Waals surface area contributed by atoms with Gasteiger partial charge < -0.3 is 20.0 Å². The topological polar surface area (TPSA) is 82.8 Å². The number of likely N-dealkylation sites (tertiary alicyclic amines) is 1. The Labute approximate surface area is 172 Å². The summed E-state index contributed by atoms with van der Waals surface area (Å²) in [5, 5.41) is 6.57. The lowest BCUT2D eigenvalue weighted by Crippen LogP contribution is -2.36. The van der Waals surface area contributed by atoms with E-state index in [0.717, 1.165) is 29.9 Å². The van der Waals surface area contributed by atoms with Crippen molar-refractivity contribution in [2.45, 2.75) is 58.7 Å². The highest BCUT2D eigenvalue weighted by molar-refractivity contribution is 5.79. The van der Waals surface area contributed by atoms with E-state index in [0.29, 0.717) is 37.9 Å². The summed E-state index contributed by atoms with van der Waals surface area (Å²) in [5.41, 5.74) is 2.25. The Hall–Kier alpha value is -2.83. The summed E-state index contributed by atoms with van der Waals surface area (Å²) in [6.45, 7) is 8.87. The number of oxazole rings is 1. The molecule has 29 heavy (non-hydrogen) atoms. The van der Waals surface area contributed by atoms with Crippen molar-refractivity contribution < 1.29 is 9.21 Å². The van der Waals surface area contributed by atoms with Crippen molar-refractivity contribution in [1.29, 1.82) is 0 Å². The molecule has 1 aromatic heterocycles. The zero-order valence-electron chi connectivity index (χ0n) is 17.8. The monoisotopic (exact) mass is 397 g/mol. The van der Waals surface area contributed by atoms with E-state index in [4.69, 9.17) is 4.42 Å². The molecule has 1 aromatic carbocycles. The van der Waals surface area contributed by atoms with E-state index in [1.165, 1.54) is 0 Å². The van der Waals surface area contributed by atoms with Gasteiger partial charge in [-0.15, -0.1) is 0 Å². The number of carbonyl (C=O) groups excluding carboxylic acids is 1. The molecule has 0 aliphatic carbocycles. The summed E-state index contributed by atoms with van der Waals surface area (Å²) in [5.74, 6) is 2.41. The molecule has 0 atom stereocenters. The minimum absolute atomic E-state index is 0.0639. The third kappa shape index (κ3) is 5.59. The second kappa shape index (κ2) is 9.11. The van der Waals surface area contributed by atoms with Crippen molar-refractivity contribution in [1.82, 2.24) is 20.5 Å². The number of hydrogen-bond acceptors (Lipinski definition) is 4. The average molecular weight is 398 g/mol. The summed E-state index contributed by atoms with van der Waals surface area (Å²) >= 11 is 0. The van der Waals surface area contributed by atoms with Gasteiger partial charge in [-0.3, -0.25) is 9.79 Å². The molecule has 1 aliphatic heterocycles. The van der Waals surface area contributed by atoms with Crippen LogP contribution in [0.1, 0.15) is 56.4 Å². The molecule has 7 nitrogen and oxygen atoms in total. The van der Waals surface area contributed by atoms with Gasteiger partial charge in [-0.05, 0) is 17.5 Å². The Morgan fingerprint density at radius 2 is 1.93 bits per heavy atom. The van der Waals surface area contributed by atoms with Gasteiger partial charge >= 0.3 is 0 Å². The number of nitrogens with zero attached hydrogens (tertiary/aromatic N) is 3. The molecular weight excluding hydrogens is 366 g/mol. The first-order chi connectivity index (χ1) is 13.9. The zero-order valence-corrected chi connectivity index (χ0v) is 17.8. The molecule has 0 spiro atoms. The molecule has 3 rings (SSSR count). The summed E-state index contributed by atoms with van der Waals surface area (Å²) in [6, 6.07) is 8.20. The smallest absolute Gasteiger partial charge is 0.222 e. The predicted octanol–water partition coefficient (Wildman–Crippen LogP) is 2.96. The molecule has 0 saturated carbocycles. The average Bonchev–Trinajstić information content (AvgIpc) is 3.32.